The zero-order valence-corrected chi connectivity index (χ0v) is 14.8. The molecule has 1 amide bonds. The number of hydrogen-bond acceptors (Lipinski definition) is 2. The Morgan fingerprint density at radius 3 is 2.71 bits per heavy atom. The summed E-state index contributed by atoms with van der Waals surface area (Å²) in [6.07, 6.45) is 1.66. The number of nitrogens with one attached hydrogen (secondary N) is 1. The number of carbonyl (C=O) groups excluding carboxylic acids is 1. The lowest BCUT2D eigenvalue weighted by atomic mass is 9.61. The predicted molar refractivity (Wildman–Crippen MR) is 91.4 cm³/mol. The van der Waals surface area contributed by atoms with Gasteiger partial charge in [0.15, 0.2) is 0 Å². The van der Waals surface area contributed by atoms with Crippen molar-refractivity contribution in [1.82, 2.24) is 0 Å². The molecule has 1 aliphatic rings. The lowest BCUT2D eigenvalue weighted by Crippen LogP contribution is -2.50. The zero-order chi connectivity index (χ0) is 15.8. The van der Waals surface area contributed by atoms with Crippen LogP contribution in [0.2, 0.25) is 0 Å². The van der Waals surface area contributed by atoms with Crippen molar-refractivity contribution < 1.29 is 9.18 Å². The fraction of sp³-hybridized carbons (Fsp3) is 0.562. The molecule has 21 heavy (non-hydrogen) atoms. The summed E-state index contributed by atoms with van der Waals surface area (Å²) in [7, 11) is 0. The predicted octanol–water partition coefficient (Wildman–Crippen LogP) is 3.77. The molecule has 0 saturated heterocycles. The minimum Gasteiger partial charge on any atom is -0.327 e. The smallest absolute Gasteiger partial charge is 0.228 e. The molecular weight excluding hydrogens is 382 g/mol. The largest absolute Gasteiger partial charge is 0.327 e. The number of halogens is 2. The number of benzene rings is 1. The normalized spacial score (nSPS) is 28.2. The van der Waals surface area contributed by atoms with Crippen LogP contribution in [0.4, 0.5) is 10.1 Å². The Morgan fingerprint density at radius 1 is 1.43 bits per heavy atom. The molecule has 0 aromatic heterocycles. The molecule has 1 fully saturated rings. The molecule has 1 aromatic rings. The highest BCUT2D eigenvalue weighted by atomic mass is 127. The molecular formula is C16H22FIN2O. The van der Waals surface area contributed by atoms with E-state index in [-0.39, 0.29) is 35.0 Å². The van der Waals surface area contributed by atoms with Gasteiger partial charge in [-0.15, -0.1) is 0 Å². The molecule has 1 aromatic carbocycles. The highest BCUT2D eigenvalue weighted by molar-refractivity contribution is 14.1. The van der Waals surface area contributed by atoms with Gasteiger partial charge in [-0.3, -0.25) is 4.79 Å². The first-order valence-electron chi connectivity index (χ1n) is 7.25. The Labute approximate surface area is 139 Å². The van der Waals surface area contributed by atoms with E-state index in [2.05, 4.69) is 26.1 Å². The van der Waals surface area contributed by atoms with E-state index in [1.54, 1.807) is 6.07 Å². The second-order valence-electron chi connectivity index (χ2n) is 6.52. The quantitative estimate of drug-likeness (QED) is 0.738. The summed E-state index contributed by atoms with van der Waals surface area (Å²) in [4.78, 5) is 12.6. The summed E-state index contributed by atoms with van der Waals surface area (Å²) in [5.74, 6) is -0.0827. The average Bonchev–Trinajstić information content (AvgIpc) is 2.39. The van der Waals surface area contributed by atoms with Gasteiger partial charge >= 0.3 is 0 Å². The van der Waals surface area contributed by atoms with Crippen molar-refractivity contribution in [1.29, 1.82) is 0 Å². The fourth-order valence-corrected chi connectivity index (χ4v) is 3.74. The summed E-state index contributed by atoms with van der Waals surface area (Å²) in [6, 6.07) is 4.54. The second-order valence-corrected chi connectivity index (χ2v) is 7.68. The van der Waals surface area contributed by atoms with E-state index in [4.69, 9.17) is 5.73 Å². The Morgan fingerprint density at radius 2 is 2.10 bits per heavy atom. The third-order valence-electron chi connectivity index (χ3n) is 5.01. The van der Waals surface area contributed by atoms with Gasteiger partial charge in [0.2, 0.25) is 5.91 Å². The van der Waals surface area contributed by atoms with E-state index >= 15 is 0 Å². The van der Waals surface area contributed by atoms with E-state index in [0.29, 0.717) is 9.26 Å². The van der Waals surface area contributed by atoms with E-state index in [1.807, 2.05) is 22.6 Å². The average molecular weight is 404 g/mol. The van der Waals surface area contributed by atoms with Crippen molar-refractivity contribution in [2.45, 2.75) is 39.7 Å². The topological polar surface area (TPSA) is 55.1 Å². The van der Waals surface area contributed by atoms with E-state index in [1.165, 1.54) is 12.1 Å². The molecule has 5 heteroatoms. The van der Waals surface area contributed by atoms with Crippen LogP contribution in [0.1, 0.15) is 33.6 Å². The summed E-state index contributed by atoms with van der Waals surface area (Å²) in [6.45, 7) is 6.33. The van der Waals surface area contributed by atoms with Gasteiger partial charge in [-0.1, -0.05) is 20.8 Å². The van der Waals surface area contributed by atoms with Gasteiger partial charge in [0.25, 0.3) is 0 Å². The molecule has 116 valence electrons. The maximum absolute atomic E-state index is 13.1. The zero-order valence-electron chi connectivity index (χ0n) is 12.6. The number of nitrogens with two attached hydrogens (primary N) is 1. The molecule has 0 aliphatic heterocycles. The first kappa shape index (κ1) is 16.7. The molecule has 3 unspecified atom stereocenters. The molecule has 1 aliphatic carbocycles. The Balaban J connectivity index is 2.16. The van der Waals surface area contributed by atoms with Gasteiger partial charge in [-0.25, -0.2) is 4.39 Å². The second kappa shape index (κ2) is 6.20. The van der Waals surface area contributed by atoms with Crippen LogP contribution in [0.5, 0.6) is 0 Å². The molecule has 1 saturated carbocycles. The molecule has 0 radical (unpaired) electrons. The lowest BCUT2D eigenvalue weighted by molar-refractivity contribution is -0.127. The van der Waals surface area contributed by atoms with Gasteiger partial charge < -0.3 is 11.1 Å². The van der Waals surface area contributed by atoms with E-state index in [9.17, 15) is 9.18 Å². The molecule has 3 N–H and O–H groups in total. The summed E-state index contributed by atoms with van der Waals surface area (Å²) in [5, 5.41) is 2.94. The lowest BCUT2D eigenvalue weighted by Gasteiger charge is -2.46. The number of amides is 1. The fourth-order valence-electron chi connectivity index (χ4n) is 3.13. The van der Waals surface area contributed by atoms with Crippen molar-refractivity contribution in [3.8, 4) is 0 Å². The Kier molecular flexibility index (Phi) is 4.92. The van der Waals surface area contributed by atoms with E-state index < -0.39 is 0 Å². The van der Waals surface area contributed by atoms with Crippen LogP contribution in [-0.4, -0.2) is 11.9 Å². The molecule has 3 nitrogen and oxygen atoms in total. The summed E-state index contributed by atoms with van der Waals surface area (Å²) < 4.78 is 13.8. The van der Waals surface area contributed by atoms with Gasteiger partial charge in [0.05, 0.1) is 5.69 Å². The molecule has 0 heterocycles. The van der Waals surface area contributed by atoms with Crippen molar-refractivity contribution in [2.75, 3.05) is 5.32 Å². The van der Waals surface area contributed by atoms with Crippen LogP contribution in [0.15, 0.2) is 18.2 Å². The number of hydrogen-bond donors (Lipinski definition) is 2. The highest BCUT2D eigenvalue weighted by Crippen LogP contribution is 2.44. The number of anilines is 1. The monoisotopic (exact) mass is 404 g/mol. The van der Waals surface area contributed by atoms with Crippen molar-refractivity contribution in [3.05, 3.63) is 27.6 Å². The maximum Gasteiger partial charge on any atom is 0.228 e. The Bertz CT molecular complexity index is 547. The van der Waals surface area contributed by atoms with Crippen LogP contribution in [0.25, 0.3) is 0 Å². The SMILES string of the molecule is CC1C(N)CCC(C(=O)Nc2ccc(F)cc2I)C1(C)C. The van der Waals surface area contributed by atoms with Crippen LogP contribution < -0.4 is 11.1 Å². The maximum atomic E-state index is 13.1. The number of carbonyl (C=O) groups is 1. The van der Waals surface area contributed by atoms with Crippen molar-refractivity contribution >= 4 is 34.2 Å². The van der Waals surface area contributed by atoms with Gasteiger partial charge in [-0.05, 0) is 65.0 Å². The van der Waals surface area contributed by atoms with Crippen LogP contribution in [-0.2, 0) is 4.79 Å². The standard InChI is InChI=1S/C16H22FIN2O/c1-9-13(19)6-5-11(16(9,2)3)15(21)20-14-7-4-10(17)8-12(14)18/h4,7-9,11,13H,5-6,19H2,1-3H3,(H,20,21). The van der Waals surface area contributed by atoms with E-state index in [0.717, 1.165) is 12.8 Å². The summed E-state index contributed by atoms with van der Waals surface area (Å²) in [5.41, 5.74) is 6.66. The Hall–Kier alpha value is -0.690. The molecule has 2 rings (SSSR count). The molecule has 3 atom stereocenters. The van der Waals surface area contributed by atoms with Gasteiger partial charge in [0.1, 0.15) is 5.82 Å². The molecule has 0 bridgehead atoms. The van der Waals surface area contributed by atoms with Crippen LogP contribution in [0, 0.1) is 26.6 Å². The van der Waals surface area contributed by atoms with Crippen molar-refractivity contribution in [2.24, 2.45) is 23.0 Å². The van der Waals surface area contributed by atoms with Crippen LogP contribution >= 0.6 is 22.6 Å². The van der Waals surface area contributed by atoms with Crippen molar-refractivity contribution in [3.63, 3.8) is 0 Å². The third-order valence-corrected chi connectivity index (χ3v) is 5.90. The van der Waals surface area contributed by atoms with Gasteiger partial charge in [0, 0.05) is 15.5 Å². The summed E-state index contributed by atoms with van der Waals surface area (Å²) >= 11 is 2.03. The third kappa shape index (κ3) is 3.39. The minimum atomic E-state index is -0.296. The first-order chi connectivity index (χ1) is 9.73. The molecule has 0 spiro atoms. The van der Waals surface area contributed by atoms with Crippen LogP contribution in [0.3, 0.4) is 0 Å². The first-order valence-corrected chi connectivity index (χ1v) is 8.33. The highest BCUT2D eigenvalue weighted by Gasteiger charge is 2.45. The van der Waals surface area contributed by atoms with Gasteiger partial charge in [-0.2, -0.15) is 0 Å². The number of rotatable bonds is 2. The minimum absolute atomic E-state index is 0.00303.